The van der Waals surface area contributed by atoms with Crippen LogP contribution in [0.2, 0.25) is 0 Å². The number of carbonyl (C=O) groups excluding carboxylic acids is 2. The summed E-state index contributed by atoms with van der Waals surface area (Å²) >= 11 is 9.03. The van der Waals surface area contributed by atoms with E-state index in [0.717, 1.165) is 0 Å². The molecule has 0 fully saturated rings. The summed E-state index contributed by atoms with van der Waals surface area (Å²) in [6, 6.07) is 0. The summed E-state index contributed by atoms with van der Waals surface area (Å²) in [7, 11) is 0. The number of hydrogen-bond donors (Lipinski definition) is 2. The van der Waals surface area contributed by atoms with E-state index in [1.165, 1.54) is 0 Å². The zero-order valence-electron chi connectivity index (χ0n) is 14.2. The zero-order chi connectivity index (χ0) is 19.1. The molecule has 0 aromatic rings. The molecule has 0 aliphatic rings. The number of carboxylic acid groups (broad SMARTS) is 4. The second kappa shape index (κ2) is 21.0. The number of ether oxygens (including phenoxy) is 2. The van der Waals surface area contributed by atoms with Gasteiger partial charge in [0.05, 0.1) is 0 Å². The Morgan fingerprint density at radius 1 is 0.692 bits per heavy atom. The van der Waals surface area contributed by atoms with Gasteiger partial charge in [-0.05, 0) is 37.3 Å². The first kappa shape index (κ1) is 33.3. The van der Waals surface area contributed by atoms with Gasteiger partial charge in [0.15, 0.2) is 23.3 Å². The van der Waals surface area contributed by atoms with Gasteiger partial charge < -0.3 is 39.5 Å². The van der Waals surface area contributed by atoms with Gasteiger partial charge in [0, 0.05) is 24.8 Å². The van der Waals surface area contributed by atoms with E-state index in [9.17, 15) is 29.4 Å². The van der Waals surface area contributed by atoms with Crippen molar-refractivity contribution in [2.75, 3.05) is 13.2 Å². The Bertz CT molecular complexity index is 414. The van der Waals surface area contributed by atoms with Crippen LogP contribution in [0.4, 0.5) is 0 Å². The predicted octanol–water partition coefficient (Wildman–Crippen LogP) is -8.10. The second-order valence-corrected chi connectivity index (χ2v) is 4.76. The minimum absolute atomic E-state index is 0. The van der Waals surface area contributed by atoms with Crippen LogP contribution in [0, 0.1) is 0 Å². The molecule has 0 spiro atoms. The molecule has 0 rings (SSSR count). The van der Waals surface area contributed by atoms with Crippen LogP contribution in [0.5, 0.6) is 0 Å². The molecular formula is C12H14Na2O10S2. The third-order valence-corrected chi connectivity index (χ3v) is 2.42. The van der Waals surface area contributed by atoms with Gasteiger partial charge >= 0.3 is 71.1 Å². The average Bonchev–Trinajstić information content (AvgIpc) is 2.47. The van der Waals surface area contributed by atoms with Crippen LogP contribution in [0.3, 0.4) is 0 Å². The molecular weight excluding hydrogens is 414 g/mol. The summed E-state index contributed by atoms with van der Waals surface area (Å²) in [5.41, 5.74) is 0. The summed E-state index contributed by atoms with van der Waals surface area (Å²) in [5, 5.41) is 36.0. The molecule has 10 nitrogen and oxygen atoms in total. The van der Waals surface area contributed by atoms with Gasteiger partial charge in [-0.15, -0.1) is 0 Å². The molecule has 0 bridgehead atoms. The molecule has 0 aromatic heterocycles. The maximum Gasteiger partial charge on any atom is 1.00 e. The Morgan fingerprint density at radius 3 is 1.15 bits per heavy atom. The van der Waals surface area contributed by atoms with Gasteiger partial charge in [-0.25, -0.2) is 9.59 Å². The van der Waals surface area contributed by atoms with E-state index in [4.69, 9.17) is 10.2 Å². The van der Waals surface area contributed by atoms with Crippen molar-refractivity contribution in [1.29, 1.82) is 0 Å². The van der Waals surface area contributed by atoms with Gasteiger partial charge in [0.1, 0.15) is 0 Å². The molecule has 0 radical (unpaired) electrons. The molecule has 14 heteroatoms. The van der Waals surface area contributed by atoms with E-state index in [1.807, 2.05) is 0 Å². The van der Waals surface area contributed by atoms with Crippen molar-refractivity contribution in [2.24, 2.45) is 0 Å². The van der Waals surface area contributed by atoms with Crippen LogP contribution in [0.1, 0.15) is 25.7 Å². The summed E-state index contributed by atoms with van der Waals surface area (Å²) in [5.74, 6) is -4.77. The van der Waals surface area contributed by atoms with Crippen molar-refractivity contribution < 1.29 is 108 Å². The molecule has 0 aliphatic carbocycles. The van der Waals surface area contributed by atoms with Crippen LogP contribution in [-0.2, 0) is 28.7 Å². The molecule has 26 heavy (non-hydrogen) atoms. The van der Waals surface area contributed by atoms with Crippen LogP contribution in [0.15, 0.2) is 0 Å². The topological polar surface area (TPSA) is 173 Å². The van der Waals surface area contributed by atoms with Gasteiger partial charge in [-0.2, -0.15) is 0 Å². The van der Waals surface area contributed by atoms with Gasteiger partial charge in [0.2, 0.25) is 0 Å². The van der Waals surface area contributed by atoms with Crippen LogP contribution < -0.4 is 69.3 Å². The molecule has 0 amide bonds. The van der Waals surface area contributed by atoms with E-state index in [2.05, 4.69) is 33.9 Å². The summed E-state index contributed by atoms with van der Waals surface area (Å²) in [6.45, 7) is -1.07. The first-order valence-corrected chi connectivity index (χ1v) is 7.00. The van der Waals surface area contributed by atoms with Crippen molar-refractivity contribution in [1.82, 2.24) is 0 Å². The molecule has 2 N–H and O–H groups in total. The Morgan fingerprint density at radius 2 is 0.962 bits per heavy atom. The first-order valence-electron chi connectivity index (χ1n) is 6.19. The van der Waals surface area contributed by atoms with Crippen molar-refractivity contribution in [3.8, 4) is 0 Å². The zero-order valence-corrected chi connectivity index (χ0v) is 19.9. The van der Waals surface area contributed by atoms with E-state index in [-0.39, 0.29) is 94.9 Å². The molecule has 0 unspecified atom stereocenters. The first-order chi connectivity index (χ1) is 11.0. The van der Waals surface area contributed by atoms with E-state index < -0.39 is 37.1 Å². The second-order valence-electron chi connectivity index (χ2n) is 3.85. The van der Waals surface area contributed by atoms with Crippen molar-refractivity contribution >= 4 is 58.4 Å². The fourth-order valence-corrected chi connectivity index (χ4v) is 1.16. The Balaban J connectivity index is -0.000000173. The Hall–Kier alpha value is -0.340. The number of aliphatic carboxylic acids is 4. The fraction of sp³-hybridized carbons (Fsp3) is 0.500. The van der Waals surface area contributed by atoms with Gasteiger partial charge in [-0.3, -0.25) is 0 Å². The number of hydrogen-bond acceptors (Lipinski definition) is 10. The number of rotatable bonds is 10. The molecule has 0 atom stereocenters. The van der Waals surface area contributed by atoms with Crippen LogP contribution in [0.25, 0.3) is 0 Å². The predicted molar refractivity (Wildman–Crippen MR) is 80.9 cm³/mol. The normalized spacial score (nSPS) is 8.31. The number of thiocarbonyl (C=S) groups is 2. The third-order valence-electron chi connectivity index (χ3n) is 1.78. The van der Waals surface area contributed by atoms with Crippen LogP contribution >= 0.6 is 24.4 Å². The van der Waals surface area contributed by atoms with Gasteiger partial charge in [-0.1, -0.05) is 0 Å². The molecule has 0 heterocycles. The third kappa shape index (κ3) is 31.4. The maximum absolute atomic E-state index is 9.93. The van der Waals surface area contributed by atoms with Crippen molar-refractivity contribution in [3.63, 3.8) is 0 Å². The van der Waals surface area contributed by atoms with E-state index in [0.29, 0.717) is 0 Å². The largest absolute Gasteiger partial charge is 1.00 e. The molecule has 136 valence electrons. The standard InChI is InChI=1S/2C6H8O5S.2Na/c2*7-4(8)1-2-6(12)11-3-5(9)10;;/h2*1-3H2,(H,7,8)(H,9,10);;/q;;2*+1/p-2. The number of carbonyl (C=O) groups is 4. The summed E-state index contributed by atoms with van der Waals surface area (Å²) in [4.78, 5) is 39.7. The molecule has 0 saturated heterocycles. The quantitative estimate of drug-likeness (QED) is 0.249. The molecule has 0 aromatic carbocycles. The SMILES string of the molecule is O=C([O-])CCC(=S)OCC(=O)O.O=C([O-])CCC(=S)OCC(=O)O.[Na+].[Na+]. The Kier molecular flexibility index (Phi) is 26.8. The minimum atomic E-state index is -1.24. The van der Waals surface area contributed by atoms with Gasteiger partial charge in [0.25, 0.3) is 0 Å². The average molecular weight is 428 g/mol. The maximum atomic E-state index is 9.93. The Labute approximate surface area is 203 Å². The molecule has 0 aliphatic heterocycles. The molecule has 0 saturated carbocycles. The monoisotopic (exact) mass is 428 g/mol. The minimum Gasteiger partial charge on any atom is -0.550 e. The van der Waals surface area contributed by atoms with E-state index >= 15 is 0 Å². The summed E-state index contributed by atoms with van der Waals surface area (Å²) < 4.78 is 8.99. The fourth-order valence-electron chi connectivity index (χ4n) is 0.837. The summed E-state index contributed by atoms with van der Waals surface area (Å²) in [6.07, 6.45) is -0.493. The van der Waals surface area contributed by atoms with Crippen molar-refractivity contribution in [3.05, 3.63) is 0 Å². The van der Waals surface area contributed by atoms with Crippen LogP contribution in [-0.4, -0.2) is 57.4 Å². The number of carboxylic acids is 4. The smallest absolute Gasteiger partial charge is 0.550 e. The van der Waals surface area contributed by atoms with Crippen molar-refractivity contribution in [2.45, 2.75) is 25.7 Å². The van der Waals surface area contributed by atoms with E-state index in [1.54, 1.807) is 0 Å².